The maximum absolute atomic E-state index is 6.31. The predicted octanol–water partition coefficient (Wildman–Crippen LogP) is 4.61. The van der Waals surface area contributed by atoms with Gasteiger partial charge in [-0.25, -0.2) is 0 Å². The van der Waals surface area contributed by atoms with E-state index in [0.717, 1.165) is 61.5 Å². The van der Waals surface area contributed by atoms with Crippen molar-refractivity contribution in [2.45, 2.75) is 70.0 Å². The quantitative estimate of drug-likeness (QED) is 0.707. The SMILES string of the molecule is CCCCOc1cc(C2=CC3(CCOC3)ON2)ccc1OC1CCCCC1. The molecule has 1 spiro atoms. The van der Waals surface area contributed by atoms with E-state index >= 15 is 0 Å². The topological polar surface area (TPSA) is 49.0 Å². The van der Waals surface area contributed by atoms with E-state index in [4.69, 9.17) is 19.0 Å². The van der Waals surface area contributed by atoms with Gasteiger partial charge in [-0.1, -0.05) is 19.8 Å². The number of benzene rings is 1. The van der Waals surface area contributed by atoms with Gasteiger partial charge in [0.1, 0.15) is 5.60 Å². The monoisotopic (exact) mass is 373 g/mol. The molecular formula is C22H31NO4. The van der Waals surface area contributed by atoms with Gasteiger partial charge in [0.2, 0.25) is 0 Å². The molecule has 5 nitrogen and oxygen atoms in total. The van der Waals surface area contributed by atoms with Gasteiger partial charge < -0.3 is 14.2 Å². The Morgan fingerprint density at radius 1 is 1.19 bits per heavy atom. The Hall–Kier alpha value is -1.72. The van der Waals surface area contributed by atoms with Gasteiger partial charge in [0.25, 0.3) is 0 Å². The first-order valence-corrected chi connectivity index (χ1v) is 10.5. The Morgan fingerprint density at radius 3 is 2.85 bits per heavy atom. The third-order valence-electron chi connectivity index (χ3n) is 5.64. The van der Waals surface area contributed by atoms with Crippen LogP contribution in [0.25, 0.3) is 5.70 Å². The summed E-state index contributed by atoms with van der Waals surface area (Å²) in [7, 11) is 0. The van der Waals surface area contributed by atoms with Gasteiger partial charge in [-0.2, -0.15) is 0 Å². The average molecular weight is 373 g/mol. The average Bonchev–Trinajstić information content (AvgIpc) is 3.34. The van der Waals surface area contributed by atoms with Gasteiger partial charge in [-0.05, 0) is 56.4 Å². The van der Waals surface area contributed by atoms with Crippen LogP contribution in [0.2, 0.25) is 0 Å². The summed E-state index contributed by atoms with van der Waals surface area (Å²) in [5.41, 5.74) is 4.80. The molecule has 0 amide bonds. The van der Waals surface area contributed by atoms with Crippen molar-refractivity contribution in [1.29, 1.82) is 0 Å². The van der Waals surface area contributed by atoms with E-state index in [1.54, 1.807) is 0 Å². The molecule has 1 aromatic carbocycles. The van der Waals surface area contributed by atoms with Crippen LogP contribution >= 0.6 is 0 Å². The summed E-state index contributed by atoms with van der Waals surface area (Å²) in [6.07, 6.45) is 11.6. The van der Waals surface area contributed by atoms with E-state index in [1.165, 1.54) is 19.3 Å². The van der Waals surface area contributed by atoms with E-state index in [1.807, 2.05) is 6.07 Å². The lowest BCUT2D eigenvalue weighted by molar-refractivity contribution is -0.0373. The van der Waals surface area contributed by atoms with Crippen molar-refractivity contribution in [3.05, 3.63) is 29.8 Å². The highest BCUT2D eigenvalue weighted by Gasteiger charge is 2.39. The second kappa shape index (κ2) is 8.53. The molecule has 1 N–H and O–H groups in total. The van der Waals surface area contributed by atoms with Gasteiger partial charge in [-0.3, -0.25) is 10.3 Å². The highest BCUT2D eigenvalue weighted by atomic mass is 16.7. The first-order valence-electron chi connectivity index (χ1n) is 10.5. The zero-order valence-corrected chi connectivity index (χ0v) is 16.3. The zero-order chi connectivity index (χ0) is 18.5. The van der Waals surface area contributed by atoms with E-state index in [-0.39, 0.29) is 5.60 Å². The molecule has 1 aliphatic carbocycles. The minimum atomic E-state index is -0.324. The van der Waals surface area contributed by atoms with Gasteiger partial charge in [0, 0.05) is 18.6 Å². The van der Waals surface area contributed by atoms with Gasteiger partial charge in [0.05, 0.1) is 25.0 Å². The van der Waals surface area contributed by atoms with Crippen molar-refractivity contribution in [3.8, 4) is 11.5 Å². The maximum atomic E-state index is 6.31. The molecule has 0 aromatic heterocycles. The minimum absolute atomic E-state index is 0.309. The van der Waals surface area contributed by atoms with E-state index in [9.17, 15) is 0 Å². The number of rotatable bonds is 7. The fourth-order valence-electron chi connectivity index (χ4n) is 3.95. The Kier molecular flexibility index (Phi) is 5.89. The normalized spacial score (nSPS) is 25.4. The summed E-state index contributed by atoms with van der Waals surface area (Å²) in [6.45, 7) is 4.23. The molecule has 4 rings (SSSR count). The molecule has 2 heterocycles. The van der Waals surface area contributed by atoms with Gasteiger partial charge in [0.15, 0.2) is 11.5 Å². The van der Waals surface area contributed by atoms with Crippen LogP contribution in [0.4, 0.5) is 0 Å². The van der Waals surface area contributed by atoms with Crippen LogP contribution in [-0.2, 0) is 9.57 Å². The molecule has 1 saturated carbocycles. The van der Waals surface area contributed by atoms with Crippen molar-refractivity contribution >= 4 is 5.70 Å². The Morgan fingerprint density at radius 2 is 2.07 bits per heavy atom. The smallest absolute Gasteiger partial charge is 0.161 e. The summed E-state index contributed by atoms with van der Waals surface area (Å²) in [6, 6.07) is 6.20. The number of hydrogen-bond donors (Lipinski definition) is 1. The summed E-state index contributed by atoms with van der Waals surface area (Å²) in [5.74, 6) is 1.69. The summed E-state index contributed by atoms with van der Waals surface area (Å²) in [4.78, 5) is 5.82. The van der Waals surface area contributed by atoms with E-state index < -0.39 is 0 Å². The molecule has 0 radical (unpaired) electrons. The van der Waals surface area contributed by atoms with Crippen molar-refractivity contribution in [2.24, 2.45) is 0 Å². The molecule has 1 atom stereocenters. The zero-order valence-electron chi connectivity index (χ0n) is 16.3. The third-order valence-corrected chi connectivity index (χ3v) is 5.64. The number of ether oxygens (including phenoxy) is 3. The van der Waals surface area contributed by atoms with Crippen LogP contribution in [0, 0.1) is 0 Å². The fraction of sp³-hybridized carbons (Fsp3) is 0.636. The second-order valence-corrected chi connectivity index (χ2v) is 7.87. The molecule has 27 heavy (non-hydrogen) atoms. The largest absolute Gasteiger partial charge is 0.490 e. The van der Waals surface area contributed by atoms with Crippen LogP contribution in [0.3, 0.4) is 0 Å². The fourth-order valence-corrected chi connectivity index (χ4v) is 3.95. The second-order valence-electron chi connectivity index (χ2n) is 7.87. The highest BCUT2D eigenvalue weighted by molar-refractivity contribution is 5.68. The molecule has 0 bridgehead atoms. The number of hydrogen-bond acceptors (Lipinski definition) is 5. The molecule has 1 saturated heterocycles. The van der Waals surface area contributed by atoms with E-state index in [0.29, 0.717) is 19.3 Å². The minimum Gasteiger partial charge on any atom is -0.490 e. The molecule has 2 fully saturated rings. The lowest BCUT2D eigenvalue weighted by Crippen LogP contribution is -2.29. The van der Waals surface area contributed by atoms with Crippen LogP contribution in [0.5, 0.6) is 11.5 Å². The van der Waals surface area contributed by atoms with Crippen LogP contribution in [-0.4, -0.2) is 31.5 Å². The van der Waals surface area contributed by atoms with Crippen molar-refractivity contribution < 1.29 is 19.0 Å². The maximum Gasteiger partial charge on any atom is 0.161 e. The Balaban J connectivity index is 1.53. The van der Waals surface area contributed by atoms with Crippen molar-refractivity contribution in [1.82, 2.24) is 5.48 Å². The number of nitrogens with one attached hydrogen (secondary N) is 1. The van der Waals surface area contributed by atoms with Crippen molar-refractivity contribution in [3.63, 3.8) is 0 Å². The molecule has 2 aliphatic heterocycles. The molecule has 3 aliphatic rings. The lowest BCUT2D eigenvalue weighted by Gasteiger charge is -2.24. The molecule has 1 unspecified atom stereocenters. The molecular weight excluding hydrogens is 342 g/mol. The van der Waals surface area contributed by atoms with Crippen LogP contribution in [0.15, 0.2) is 24.3 Å². The molecule has 1 aromatic rings. The van der Waals surface area contributed by atoms with Crippen molar-refractivity contribution in [2.75, 3.05) is 19.8 Å². The Bertz CT molecular complexity index is 660. The van der Waals surface area contributed by atoms with Gasteiger partial charge >= 0.3 is 0 Å². The summed E-state index contributed by atoms with van der Waals surface area (Å²) in [5, 5.41) is 0. The molecule has 148 valence electrons. The predicted molar refractivity (Wildman–Crippen MR) is 105 cm³/mol. The third kappa shape index (κ3) is 4.41. The summed E-state index contributed by atoms with van der Waals surface area (Å²) >= 11 is 0. The molecule has 5 heteroatoms. The summed E-state index contributed by atoms with van der Waals surface area (Å²) < 4.78 is 17.9. The first-order chi connectivity index (χ1) is 13.3. The van der Waals surface area contributed by atoms with Crippen LogP contribution < -0.4 is 15.0 Å². The highest BCUT2D eigenvalue weighted by Crippen LogP contribution is 2.37. The van der Waals surface area contributed by atoms with Crippen LogP contribution in [0.1, 0.15) is 63.9 Å². The Labute approximate surface area is 162 Å². The first kappa shape index (κ1) is 18.6. The van der Waals surface area contributed by atoms with E-state index in [2.05, 4.69) is 30.6 Å². The standard InChI is InChI=1S/C22H31NO4/c1-2-3-12-25-21-14-17(19-15-22(27-23-19)11-13-24-16-22)9-10-20(21)26-18-7-5-4-6-8-18/h9-10,14-15,18,23H,2-8,11-13,16H2,1H3. The van der Waals surface area contributed by atoms with Gasteiger partial charge in [-0.15, -0.1) is 0 Å². The number of unbranched alkanes of at least 4 members (excludes halogenated alkanes) is 1. The number of hydroxylamine groups is 1. The lowest BCUT2D eigenvalue weighted by atomic mass is 9.97.